The monoisotopic (exact) mass is 239 g/mol. The van der Waals surface area contributed by atoms with E-state index in [2.05, 4.69) is 22.5 Å². The number of hydrogen-bond acceptors (Lipinski definition) is 3. The van der Waals surface area contributed by atoms with Crippen LogP contribution in [0, 0.1) is 0 Å². The van der Waals surface area contributed by atoms with E-state index >= 15 is 0 Å². The topological polar surface area (TPSA) is 54.0 Å². The number of aryl methyl sites for hydroxylation is 2. The summed E-state index contributed by atoms with van der Waals surface area (Å²) in [5.74, 6) is 0. The van der Waals surface area contributed by atoms with Crippen molar-refractivity contribution in [2.45, 2.75) is 39.0 Å². The van der Waals surface area contributed by atoms with Gasteiger partial charge in [-0.05, 0) is 25.7 Å². The first-order chi connectivity index (χ1) is 7.79. The van der Waals surface area contributed by atoms with Gasteiger partial charge in [0.15, 0.2) is 5.13 Å². The molecule has 0 unspecified atom stereocenters. The van der Waals surface area contributed by atoms with Gasteiger partial charge < -0.3 is 5.32 Å². The maximum Gasteiger partial charge on any atom is 0.321 e. The lowest BCUT2D eigenvalue weighted by atomic mass is 10.3. The van der Waals surface area contributed by atoms with Crippen molar-refractivity contribution in [2.24, 2.45) is 0 Å². The molecule has 0 bridgehead atoms. The largest absolute Gasteiger partial charge is 0.338 e. The van der Waals surface area contributed by atoms with Crippen LogP contribution >= 0.6 is 11.3 Å². The van der Waals surface area contributed by atoms with Crippen LogP contribution in [-0.2, 0) is 12.8 Å². The number of nitrogens with zero attached hydrogens (tertiary/aromatic N) is 1. The van der Waals surface area contributed by atoms with Crippen molar-refractivity contribution in [3.05, 3.63) is 10.6 Å². The zero-order valence-corrected chi connectivity index (χ0v) is 10.3. The lowest BCUT2D eigenvalue weighted by Crippen LogP contribution is -2.29. The van der Waals surface area contributed by atoms with Crippen LogP contribution in [0.4, 0.5) is 9.93 Å². The molecule has 88 valence electrons. The number of rotatable bonds is 4. The highest BCUT2D eigenvalue weighted by Crippen LogP contribution is 2.30. The van der Waals surface area contributed by atoms with Gasteiger partial charge in [-0.15, -0.1) is 11.3 Å². The molecule has 4 nitrogen and oxygen atoms in total. The number of fused-ring (bicyclic) bond motifs is 1. The number of amides is 2. The minimum Gasteiger partial charge on any atom is -0.338 e. The van der Waals surface area contributed by atoms with E-state index in [0.29, 0.717) is 0 Å². The lowest BCUT2D eigenvalue weighted by Gasteiger charge is -2.03. The van der Waals surface area contributed by atoms with Gasteiger partial charge in [-0.25, -0.2) is 9.78 Å². The number of anilines is 1. The van der Waals surface area contributed by atoms with Gasteiger partial charge in [-0.2, -0.15) is 0 Å². The average molecular weight is 239 g/mol. The van der Waals surface area contributed by atoms with Crippen LogP contribution in [0.25, 0.3) is 0 Å². The number of carbonyl (C=O) groups excluding carboxylic acids is 1. The number of aromatic nitrogens is 1. The van der Waals surface area contributed by atoms with Crippen LogP contribution in [0.3, 0.4) is 0 Å². The molecule has 0 saturated heterocycles. The first-order valence-corrected chi connectivity index (χ1v) is 6.64. The van der Waals surface area contributed by atoms with E-state index in [4.69, 9.17) is 0 Å². The highest BCUT2D eigenvalue weighted by atomic mass is 32.1. The molecule has 0 radical (unpaired) electrons. The fourth-order valence-corrected chi connectivity index (χ4v) is 2.81. The summed E-state index contributed by atoms with van der Waals surface area (Å²) in [6, 6.07) is -0.138. The molecule has 5 heteroatoms. The van der Waals surface area contributed by atoms with Gasteiger partial charge in [0.2, 0.25) is 0 Å². The van der Waals surface area contributed by atoms with Crippen molar-refractivity contribution in [3.8, 4) is 0 Å². The summed E-state index contributed by atoms with van der Waals surface area (Å²) in [4.78, 5) is 17.2. The van der Waals surface area contributed by atoms with E-state index in [0.717, 1.165) is 37.4 Å². The molecule has 2 N–H and O–H groups in total. The zero-order chi connectivity index (χ0) is 11.4. The fraction of sp³-hybridized carbons (Fsp3) is 0.636. The summed E-state index contributed by atoms with van der Waals surface area (Å²) in [5, 5.41) is 6.34. The van der Waals surface area contributed by atoms with Crippen molar-refractivity contribution >= 4 is 22.5 Å². The molecular weight excluding hydrogens is 222 g/mol. The molecule has 16 heavy (non-hydrogen) atoms. The molecule has 0 aliphatic heterocycles. The van der Waals surface area contributed by atoms with Crippen molar-refractivity contribution in [2.75, 3.05) is 11.9 Å². The Hall–Kier alpha value is -1.10. The third-order valence-corrected chi connectivity index (χ3v) is 3.70. The van der Waals surface area contributed by atoms with Gasteiger partial charge in [0.25, 0.3) is 0 Å². The Balaban J connectivity index is 1.82. The third kappa shape index (κ3) is 2.72. The highest BCUT2D eigenvalue weighted by Gasteiger charge is 2.17. The highest BCUT2D eigenvalue weighted by molar-refractivity contribution is 7.15. The molecule has 1 aromatic heterocycles. The SMILES string of the molecule is CCCCNC(=O)Nc1nc2c(s1)CCC2. The van der Waals surface area contributed by atoms with E-state index in [1.807, 2.05) is 0 Å². The molecule has 1 heterocycles. The molecular formula is C11H17N3OS. The van der Waals surface area contributed by atoms with Gasteiger partial charge in [0.1, 0.15) is 0 Å². The van der Waals surface area contributed by atoms with E-state index in [1.54, 1.807) is 11.3 Å². The van der Waals surface area contributed by atoms with Crippen LogP contribution in [0.2, 0.25) is 0 Å². The fourth-order valence-electron chi connectivity index (χ4n) is 1.76. The van der Waals surface area contributed by atoms with Crippen LogP contribution in [-0.4, -0.2) is 17.6 Å². The second-order valence-corrected chi connectivity index (χ2v) is 5.06. The number of hydrogen-bond donors (Lipinski definition) is 2. The summed E-state index contributed by atoms with van der Waals surface area (Å²) in [7, 11) is 0. The van der Waals surface area contributed by atoms with E-state index in [-0.39, 0.29) is 6.03 Å². The van der Waals surface area contributed by atoms with E-state index < -0.39 is 0 Å². The summed E-state index contributed by atoms with van der Waals surface area (Å²) >= 11 is 1.61. The normalized spacial score (nSPS) is 13.6. The first-order valence-electron chi connectivity index (χ1n) is 5.83. The molecule has 1 aliphatic rings. The smallest absolute Gasteiger partial charge is 0.321 e. The Labute approximate surface area is 99.5 Å². The van der Waals surface area contributed by atoms with Crippen LogP contribution in [0.15, 0.2) is 0 Å². The lowest BCUT2D eigenvalue weighted by molar-refractivity contribution is 0.252. The Morgan fingerprint density at radius 1 is 1.50 bits per heavy atom. The number of urea groups is 1. The maximum absolute atomic E-state index is 11.5. The zero-order valence-electron chi connectivity index (χ0n) is 9.51. The molecule has 1 aromatic rings. The number of nitrogens with one attached hydrogen (secondary N) is 2. The Morgan fingerprint density at radius 3 is 3.12 bits per heavy atom. The molecule has 0 atom stereocenters. The predicted molar refractivity (Wildman–Crippen MR) is 66.1 cm³/mol. The summed E-state index contributed by atoms with van der Waals surface area (Å²) in [6.07, 6.45) is 5.49. The van der Waals surface area contributed by atoms with E-state index in [1.165, 1.54) is 17.0 Å². The number of carbonyl (C=O) groups is 1. The molecule has 2 rings (SSSR count). The second kappa shape index (κ2) is 5.30. The van der Waals surface area contributed by atoms with Crippen molar-refractivity contribution in [1.82, 2.24) is 10.3 Å². The molecule has 0 fully saturated rings. The molecule has 1 aliphatic carbocycles. The standard InChI is InChI=1S/C11H17N3OS/c1-2-3-7-12-10(15)14-11-13-8-5-4-6-9(8)16-11/h2-7H2,1H3,(H2,12,13,14,15). The Bertz CT molecular complexity index is 354. The van der Waals surface area contributed by atoms with Crippen LogP contribution in [0.1, 0.15) is 36.8 Å². The van der Waals surface area contributed by atoms with Crippen LogP contribution < -0.4 is 10.6 Å². The number of thiazole rings is 1. The summed E-state index contributed by atoms with van der Waals surface area (Å²) in [5.41, 5.74) is 1.17. The Morgan fingerprint density at radius 2 is 2.38 bits per heavy atom. The number of unbranched alkanes of at least 4 members (excludes halogenated alkanes) is 1. The molecule has 0 spiro atoms. The molecule has 0 saturated carbocycles. The quantitative estimate of drug-likeness (QED) is 0.793. The van der Waals surface area contributed by atoms with Gasteiger partial charge in [0, 0.05) is 11.4 Å². The minimum absolute atomic E-state index is 0.138. The van der Waals surface area contributed by atoms with Crippen molar-refractivity contribution in [1.29, 1.82) is 0 Å². The summed E-state index contributed by atoms with van der Waals surface area (Å²) in [6.45, 7) is 2.83. The average Bonchev–Trinajstić information content (AvgIpc) is 2.78. The maximum atomic E-state index is 11.5. The second-order valence-electron chi connectivity index (χ2n) is 3.98. The summed E-state index contributed by atoms with van der Waals surface area (Å²) < 4.78 is 0. The van der Waals surface area contributed by atoms with Crippen molar-refractivity contribution < 1.29 is 4.79 Å². The van der Waals surface area contributed by atoms with Gasteiger partial charge >= 0.3 is 6.03 Å². The van der Waals surface area contributed by atoms with E-state index in [9.17, 15) is 4.79 Å². The molecule has 2 amide bonds. The van der Waals surface area contributed by atoms with Crippen LogP contribution in [0.5, 0.6) is 0 Å². The Kier molecular flexibility index (Phi) is 3.77. The minimum atomic E-state index is -0.138. The predicted octanol–water partition coefficient (Wildman–Crippen LogP) is 2.55. The van der Waals surface area contributed by atoms with Gasteiger partial charge in [-0.1, -0.05) is 13.3 Å². The van der Waals surface area contributed by atoms with Crippen molar-refractivity contribution in [3.63, 3.8) is 0 Å². The van der Waals surface area contributed by atoms with Gasteiger partial charge in [0.05, 0.1) is 5.69 Å². The van der Waals surface area contributed by atoms with Gasteiger partial charge in [-0.3, -0.25) is 5.32 Å². The first kappa shape index (κ1) is 11.4. The third-order valence-electron chi connectivity index (χ3n) is 2.63. The molecule has 0 aromatic carbocycles.